The predicted octanol–water partition coefficient (Wildman–Crippen LogP) is 2.41. The normalized spacial score (nSPS) is 22.7. The second-order valence-corrected chi connectivity index (χ2v) is 5.31. The maximum Gasteiger partial charge on any atom is 0.207 e. The molecule has 18 heavy (non-hydrogen) atoms. The number of carbonyl (C=O) groups is 1. The largest absolute Gasteiger partial charge is 0.372 e. The molecule has 1 heterocycles. The summed E-state index contributed by atoms with van der Waals surface area (Å²) in [5.41, 5.74) is 4.08. The van der Waals surface area contributed by atoms with Gasteiger partial charge in [0.2, 0.25) is 6.41 Å². The van der Waals surface area contributed by atoms with E-state index in [4.69, 9.17) is 0 Å². The first kappa shape index (κ1) is 11.6. The van der Waals surface area contributed by atoms with Gasteiger partial charge in [0, 0.05) is 18.8 Å². The Morgan fingerprint density at radius 1 is 1.22 bits per heavy atom. The Bertz CT molecular complexity index is 438. The SMILES string of the molecule is O=CNC1CCc2cc(N3CCCCC3)ccc21. The van der Waals surface area contributed by atoms with E-state index in [0.29, 0.717) is 0 Å². The van der Waals surface area contributed by atoms with E-state index in [1.54, 1.807) is 0 Å². The van der Waals surface area contributed by atoms with Crippen LogP contribution in [-0.4, -0.2) is 19.5 Å². The fraction of sp³-hybridized carbons (Fsp3) is 0.533. The van der Waals surface area contributed by atoms with E-state index in [2.05, 4.69) is 28.4 Å². The van der Waals surface area contributed by atoms with Gasteiger partial charge in [-0.25, -0.2) is 0 Å². The highest BCUT2D eigenvalue weighted by atomic mass is 16.1. The number of carbonyl (C=O) groups excluding carboxylic acids is 1. The van der Waals surface area contributed by atoms with Gasteiger partial charge in [-0.2, -0.15) is 0 Å². The first-order valence-corrected chi connectivity index (χ1v) is 6.96. The average molecular weight is 244 g/mol. The molecule has 1 N–H and O–H groups in total. The molecule has 3 rings (SSSR count). The van der Waals surface area contributed by atoms with Crippen molar-refractivity contribution < 1.29 is 4.79 Å². The smallest absolute Gasteiger partial charge is 0.207 e. The molecule has 3 heteroatoms. The Hall–Kier alpha value is -1.51. The summed E-state index contributed by atoms with van der Waals surface area (Å²) in [6.07, 6.45) is 6.93. The molecule has 1 saturated heterocycles. The zero-order valence-electron chi connectivity index (χ0n) is 10.7. The minimum atomic E-state index is 0.230. The van der Waals surface area contributed by atoms with Crippen LogP contribution in [0.1, 0.15) is 42.9 Å². The Balaban J connectivity index is 1.81. The van der Waals surface area contributed by atoms with E-state index in [1.807, 2.05) is 0 Å². The lowest BCUT2D eigenvalue weighted by Crippen LogP contribution is -2.29. The topological polar surface area (TPSA) is 32.3 Å². The Kier molecular flexibility index (Phi) is 3.22. The molecule has 3 nitrogen and oxygen atoms in total. The van der Waals surface area contributed by atoms with Gasteiger partial charge in [-0.1, -0.05) is 6.07 Å². The maximum absolute atomic E-state index is 10.6. The van der Waals surface area contributed by atoms with Crippen LogP contribution in [-0.2, 0) is 11.2 Å². The van der Waals surface area contributed by atoms with Crippen LogP contribution in [0.2, 0.25) is 0 Å². The van der Waals surface area contributed by atoms with E-state index in [0.717, 1.165) is 19.3 Å². The number of benzene rings is 1. The second-order valence-electron chi connectivity index (χ2n) is 5.31. The highest BCUT2D eigenvalue weighted by Crippen LogP contribution is 2.34. The molecular weight excluding hydrogens is 224 g/mol. The van der Waals surface area contributed by atoms with Crippen molar-refractivity contribution in [2.75, 3.05) is 18.0 Å². The van der Waals surface area contributed by atoms with Gasteiger partial charge in [0.25, 0.3) is 0 Å². The van der Waals surface area contributed by atoms with Gasteiger partial charge in [0.05, 0.1) is 6.04 Å². The van der Waals surface area contributed by atoms with E-state index in [-0.39, 0.29) is 6.04 Å². The zero-order chi connectivity index (χ0) is 12.4. The Morgan fingerprint density at radius 2 is 2.06 bits per heavy atom. The molecule has 0 bridgehead atoms. The quantitative estimate of drug-likeness (QED) is 0.828. The van der Waals surface area contributed by atoms with Crippen LogP contribution in [0.5, 0.6) is 0 Å². The van der Waals surface area contributed by atoms with E-state index < -0.39 is 0 Å². The summed E-state index contributed by atoms with van der Waals surface area (Å²) >= 11 is 0. The summed E-state index contributed by atoms with van der Waals surface area (Å²) in [7, 11) is 0. The first-order valence-electron chi connectivity index (χ1n) is 6.96. The molecule has 0 saturated carbocycles. The van der Waals surface area contributed by atoms with Crippen molar-refractivity contribution in [3.63, 3.8) is 0 Å². The third-order valence-electron chi connectivity index (χ3n) is 4.19. The van der Waals surface area contributed by atoms with Gasteiger partial charge in [-0.3, -0.25) is 4.79 Å². The summed E-state index contributed by atoms with van der Waals surface area (Å²) in [4.78, 5) is 13.1. The molecular formula is C15H20N2O. The number of anilines is 1. The summed E-state index contributed by atoms with van der Waals surface area (Å²) in [6.45, 7) is 2.38. The van der Waals surface area contributed by atoms with Crippen molar-refractivity contribution in [3.05, 3.63) is 29.3 Å². The van der Waals surface area contributed by atoms with Gasteiger partial charge in [-0.15, -0.1) is 0 Å². The number of amides is 1. The highest BCUT2D eigenvalue weighted by Gasteiger charge is 2.23. The van der Waals surface area contributed by atoms with Crippen LogP contribution in [0.3, 0.4) is 0 Å². The number of rotatable bonds is 3. The van der Waals surface area contributed by atoms with Crippen molar-refractivity contribution >= 4 is 12.1 Å². The predicted molar refractivity (Wildman–Crippen MR) is 72.8 cm³/mol. The number of nitrogens with zero attached hydrogens (tertiary/aromatic N) is 1. The molecule has 96 valence electrons. The summed E-state index contributed by atoms with van der Waals surface area (Å²) in [5, 5.41) is 2.91. The van der Waals surface area contributed by atoms with Gasteiger partial charge >= 0.3 is 0 Å². The molecule has 2 aliphatic rings. The Labute approximate surface area is 108 Å². The van der Waals surface area contributed by atoms with Crippen LogP contribution >= 0.6 is 0 Å². The van der Waals surface area contributed by atoms with Crippen LogP contribution in [0.25, 0.3) is 0 Å². The summed E-state index contributed by atoms with van der Waals surface area (Å²) < 4.78 is 0. The Morgan fingerprint density at radius 3 is 2.83 bits per heavy atom. The second kappa shape index (κ2) is 5.01. The van der Waals surface area contributed by atoms with E-state index in [9.17, 15) is 4.79 Å². The van der Waals surface area contributed by atoms with Gasteiger partial charge in [-0.05, 0) is 55.4 Å². The fourth-order valence-electron chi connectivity index (χ4n) is 3.21. The summed E-state index contributed by atoms with van der Waals surface area (Å²) in [6, 6.07) is 6.98. The van der Waals surface area contributed by atoms with Crippen molar-refractivity contribution in [1.29, 1.82) is 0 Å². The molecule has 1 aromatic rings. The molecule has 1 unspecified atom stereocenters. The maximum atomic E-state index is 10.6. The molecule has 1 fully saturated rings. The van der Waals surface area contributed by atoms with Crippen LogP contribution in [0, 0.1) is 0 Å². The van der Waals surface area contributed by atoms with Crippen LogP contribution in [0.4, 0.5) is 5.69 Å². The molecule has 0 aromatic heterocycles. The zero-order valence-corrected chi connectivity index (χ0v) is 10.7. The van der Waals surface area contributed by atoms with E-state index >= 15 is 0 Å². The fourth-order valence-corrected chi connectivity index (χ4v) is 3.21. The number of aryl methyl sites for hydroxylation is 1. The van der Waals surface area contributed by atoms with Gasteiger partial charge < -0.3 is 10.2 Å². The number of piperidine rings is 1. The monoisotopic (exact) mass is 244 g/mol. The van der Waals surface area contributed by atoms with Crippen molar-refractivity contribution in [1.82, 2.24) is 5.32 Å². The minimum absolute atomic E-state index is 0.230. The molecule has 0 spiro atoms. The number of hydrogen-bond acceptors (Lipinski definition) is 2. The average Bonchev–Trinajstić information content (AvgIpc) is 2.83. The van der Waals surface area contributed by atoms with E-state index in [1.165, 1.54) is 49.2 Å². The third-order valence-corrected chi connectivity index (χ3v) is 4.19. The molecule has 0 radical (unpaired) electrons. The minimum Gasteiger partial charge on any atom is -0.372 e. The first-order chi connectivity index (χ1) is 8.88. The lowest BCUT2D eigenvalue weighted by Gasteiger charge is -2.29. The number of fused-ring (bicyclic) bond motifs is 1. The number of hydrogen-bond donors (Lipinski definition) is 1. The highest BCUT2D eigenvalue weighted by molar-refractivity contribution is 5.55. The van der Waals surface area contributed by atoms with Crippen LogP contribution < -0.4 is 10.2 Å². The van der Waals surface area contributed by atoms with Crippen molar-refractivity contribution in [2.24, 2.45) is 0 Å². The lowest BCUT2D eigenvalue weighted by molar-refractivity contribution is -0.110. The van der Waals surface area contributed by atoms with Crippen molar-refractivity contribution in [2.45, 2.75) is 38.1 Å². The van der Waals surface area contributed by atoms with Gasteiger partial charge in [0.15, 0.2) is 0 Å². The van der Waals surface area contributed by atoms with Crippen molar-refractivity contribution in [3.8, 4) is 0 Å². The molecule has 1 aliphatic heterocycles. The third kappa shape index (κ3) is 2.09. The molecule has 1 atom stereocenters. The lowest BCUT2D eigenvalue weighted by atomic mass is 10.1. The standard InChI is InChI=1S/C15H20N2O/c18-11-16-15-7-4-12-10-13(5-6-14(12)15)17-8-2-1-3-9-17/h5-6,10-11,15H,1-4,7-9H2,(H,16,18). The van der Waals surface area contributed by atoms with Gasteiger partial charge in [0.1, 0.15) is 0 Å². The molecule has 1 aromatic carbocycles. The number of nitrogens with one attached hydrogen (secondary N) is 1. The summed E-state index contributed by atoms with van der Waals surface area (Å²) in [5.74, 6) is 0. The van der Waals surface area contributed by atoms with Crippen LogP contribution in [0.15, 0.2) is 18.2 Å². The molecule has 1 aliphatic carbocycles. The molecule has 1 amide bonds.